The smallest absolute Gasteiger partial charge is 0.258 e. The van der Waals surface area contributed by atoms with E-state index in [4.69, 9.17) is 5.73 Å². The fraction of sp³-hybridized carbons (Fsp3) is 0.333. The molecule has 1 saturated heterocycles. The minimum Gasteiger partial charge on any atom is -0.507 e. The van der Waals surface area contributed by atoms with E-state index in [1.54, 1.807) is 0 Å². The van der Waals surface area contributed by atoms with Crippen LogP contribution < -0.4 is 11.1 Å². The monoisotopic (exact) mass is 267 g/mol. The van der Waals surface area contributed by atoms with Crippen LogP contribution in [-0.2, 0) is 4.79 Å². The van der Waals surface area contributed by atoms with E-state index in [1.165, 1.54) is 4.90 Å². The van der Waals surface area contributed by atoms with E-state index in [-0.39, 0.29) is 24.4 Å². The number of hydrogen-bond acceptors (Lipinski definition) is 4. The molecule has 2 rings (SSSR count). The zero-order chi connectivity index (χ0) is 14.0. The van der Waals surface area contributed by atoms with Gasteiger partial charge in [0, 0.05) is 19.6 Å². The lowest BCUT2D eigenvalue weighted by atomic mass is 10.1. The van der Waals surface area contributed by atoms with Gasteiger partial charge in [0.15, 0.2) is 0 Å². The van der Waals surface area contributed by atoms with Crippen LogP contribution in [0.25, 0.3) is 0 Å². The topological polar surface area (TPSA) is 95.7 Å². The second kappa shape index (κ2) is 5.23. The molecule has 2 amide bonds. The summed E-state index contributed by atoms with van der Waals surface area (Å²) in [5, 5.41) is 12.6. The summed E-state index contributed by atoms with van der Waals surface area (Å²) in [6.45, 7) is 1.02. The van der Waals surface area contributed by atoms with Crippen LogP contribution in [0.5, 0.6) is 5.75 Å². The first-order valence-corrected chi connectivity index (χ1v) is 5.80. The Labute approximate surface area is 109 Å². The number of benzene rings is 1. The van der Waals surface area contributed by atoms with Crippen molar-refractivity contribution in [3.63, 3.8) is 0 Å². The molecular formula is C12H14FN3O3. The number of hydrogen-bond donors (Lipinski definition) is 3. The van der Waals surface area contributed by atoms with Crippen molar-refractivity contribution in [1.29, 1.82) is 0 Å². The van der Waals surface area contributed by atoms with Gasteiger partial charge in [-0.1, -0.05) is 0 Å². The summed E-state index contributed by atoms with van der Waals surface area (Å²) < 4.78 is 13.1. The van der Waals surface area contributed by atoms with E-state index < -0.39 is 23.7 Å². The van der Waals surface area contributed by atoms with Crippen molar-refractivity contribution >= 4 is 11.8 Å². The van der Waals surface area contributed by atoms with Crippen molar-refractivity contribution in [2.75, 3.05) is 19.6 Å². The molecule has 0 spiro atoms. The highest BCUT2D eigenvalue weighted by Gasteiger charge is 2.32. The molecule has 1 aromatic carbocycles. The number of carbonyl (C=O) groups excluding carboxylic acids is 2. The Balaban J connectivity index is 2.31. The van der Waals surface area contributed by atoms with Gasteiger partial charge >= 0.3 is 0 Å². The zero-order valence-electron chi connectivity index (χ0n) is 10.1. The third-order valence-corrected chi connectivity index (χ3v) is 3.02. The van der Waals surface area contributed by atoms with Crippen molar-refractivity contribution in [2.24, 2.45) is 5.73 Å². The molecule has 0 aromatic heterocycles. The molecule has 1 heterocycles. The van der Waals surface area contributed by atoms with E-state index in [1.807, 2.05) is 0 Å². The molecule has 1 fully saturated rings. The lowest BCUT2D eigenvalue weighted by Gasteiger charge is -2.34. The molecule has 7 heteroatoms. The highest BCUT2D eigenvalue weighted by Crippen LogP contribution is 2.21. The molecule has 6 nitrogen and oxygen atoms in total. The molecule has 1 aliphatic heterocycles. The molecule has 1 atom stereocenters. The average molecular weight is 267 g/mol. The predicted molar refractivity (Wildman–Crippen MR) is 65.0 cm³/mol. The van der Waals surface area contributed by atoms with Gasteiger partial charge in [0.1, 0.15) is 17.6 Å². The van der Waals surface area contributed by atoms with Gasteiger partial charge < -0.3 is 21.1 Å². The van der Waals surface area contributed by atoms with Crippen molar-refractivity contribution in [3.05, 3.63) is 29.6 Å². The Hall–Kier alpha value is -2.15. The fourth-order valence-electron chi connectivity index (χ4n) is 2.04. The SMILES string of the molecule is NC(=O)C1CNCCN1C(=O)c1cc(F)ccc1O. The number of nitrogens with one attached hydrogen (secondary N) is 1. The Morgan fingerprint density at radius 2 is 2.21 bits per heavy atom. The van der Waals surface area contributed by atoms with Crippen LogP contribution in [0.3, 0.4) is 0 Å². The number of nitrogens with two attached hydrogens (primary N) is 1. The van der Waals surface area contributed by atoms with Crippen LogP contribution in [0.1, 0.15) is 10.4 Å². The summed E-state index contributed by atoms with van der Waals surface area (Å²) in [5.74, 6) is -2.21. The summed E-state index contributed by atoms with van der Waals surface area (Å²) in [6, 6.07) is 2.29. The molecule has 4 N–H and O–H groups in total. The van der Waals surface area contributed by atoms with Gasteiger partial charge in [0.25, 0.3) is 5.91 Å². The van der Waals surface area contributed by atoms with Gasteiger partial charge in [-0.15, -0.1) is 0 Å². The molecule has 1 unspecified atom stereocenters. The average Bonchev–Trinajstić information content (AvgIpc) is 2.40. The van der Waals surface area contributed by atoms with E-state index in [2.05, 4.69) is 5.32 Å². The van der Waals surface area contributed by atoms with Gasteiger partial charge in [-0.2, -0.15) is 0 Å². The number of amides is 2. The Kier molecular flexibility index (Phi) is 3.66. The summed E-state index contributed by atoms with van der Waals surface area (Å²) in [6.07, 6.45) is 0. The number of rotatable bonds is 2. The van der Waals surface area contributed by atoms with Crippen LogP contribution in [0.4, 0.5) is 4.39 Å². The second-order valence-corrected chi connectivity index (χ2v) is 4.28. The molecule has 1 aliphatic rings. The molecule has 1 aromatic rings. The summed E-state index contributed by atoms with van der Waals surface area (Å²) in [4.78, 5) is 24.8. The number of carbonyl (C=O) groups is 2. The predicted octanol–water partition coefficient (Wildman–Crippen LogP) is -0.569. The third kappa shape index (κ3) is 2.65. The van der Waals surface area contributed by atoms with Crippen LogP contribution in [0, 0.1) is 5.82 Å². The van der Waals surface area contributed by atoms with Gasteiger partial charge in [-0.3, -0.25) is 9.59 Å². The van der Waals surface area contributed by atoms with Crippen molar-refractivity contribution in [2.45, 2.75) is 6.04 Å². The van der Waals surface area contributed by atoms with Crippen LogP contribution in [0.2, 0.25) is 0 Å². The lowest BCUT2D eigenvalue weighted by Crippen LogP contribution is -2.58. The Morgan fingerprint density at radius 3 is 2.89 bits per heavy atom. The standard InChI is InChI=1S/C12H14FN3O3/c13-7-1-2-10(17)8(5-7)12(19)16-4-3-15-6-9(16)11(14)18/h1-2,5,9,15,17H,3-4,6H2,(H2,14,18). The molecule has 102 valence electrons. The highest BCUT2D eigenvalue weighted by atomic mass is 19.1. The quantitative estimate of drug-likeness (QED) is 0.668. The number of halogens is 1. The number of nitrogens with zero attached hydrogens (tertiary/aromatic N) is 1. The first-order chi connectivity index (χ1) is 9.00. The number of phenolic OH excluding ortho intramolecular Hbond substituents is 1. The molecular weight excluding hydrogens is 253 g/mol. The number of aromatic hydroxyl groups is 1. The molecule has 0 saturated carbocycles. The van der Waals surface area contributed by atoms with Crippen molar-refractivity contribution in [1.82, 2.24) is 10.2 Å². The van der Waals surface area contributed by atoms with Gasteiger partial charge in [-0.25, -0.2) is 4.39 Å². The summed E-state index contributed by atoms with van der Waals surface area (Å²) in [5.41, 5.74) is 5.06. The molecule has 0 radical (unpaired) electrons. The number of primary amides is 1. The normalized spacial score (nSPS) is 19.2. The molecule has 0 bridgehead atoms. The van der Waals surface area contributed by atoms with Crippen LogP contribution >= 0.6 is 0 Å². The van der Waals surface area contributed by atoms with Crippen LogP contribution in [0.15, 0.2) is 18.2 Å². The molecule has 0 aliphatic carbocycles. The maximum absolute atomic E-state index is 13.1. The van der Waals surface area contributed by atoms with E-state index in [0.29, 0.717) is 6.54 Å². The zero-order valence-corrected chi connectivity index (χ0v) is 10.1. The minimum absolute atomic E-state index is 0.173. The van der Waals surface area contributed by atoms with Gasteiger partial charge in [0.2, 0.25) is 5.91 Å². The Morgan fingerprint density at radius 1 is 1.47 bits per heavy atom. The number of piperazine rings is 1. The second-order valence-electron chi connectivity index (χ2n) is 4.28. The number of phenols is 1. The van der Waals surface area contributed by atoms with Crippen LogP contribution in [-0.4, -0.2) is 47.5 Å². The highest BCUT2D eigenvalue weighted by molar-refractivity contribution is 5.99. The van der Waals surface area contributed by atoms with Gasteiger partial charge in [-0.05, 0) is 18.2 Å². The lowest BCUT2D eigenvalue weighted by molar-refractivity contribution is -0.122. The van der Waals surface area contributed by atoms with E-state index in [0.717, 1.165) is 18.2 Å². The summed E-state index contributed by atoms with van der Waals surface area (Å²) >= 11 is 0. The van der Waals surface area contributed by atoms with Gasteiger partial charge in [0.05, 0.1) is 5.56 Å². The van der Waals surface area contributed by atoms with Crippen molar-refractivity contribution < 1.29 is 19.1 Å². The first-order valence-electron chi connectivity index (χ1n) is 5.80. The largest absolute Gasteiger partial charge is 0.507 e. The van der Waals surface area contributed by atoms with Crippen molar-refractivity contribution in [3.8, 4) is 5.75 Å². The maximum atomic E-state index is 13.1. The Bertz CT molecular complexity index is 521. The molecule has 19 heavy (non-hydrogen) atoms. The van der Waals surface area contributed by atoms with E-state index >= 15 is 0 Å². The fourth-order valence-corrected chi connectivity index (χ4v) is 2.04. The third-order valence-electron chi connectivity index (χ3n) is 3.02. The maximum Gasteiger partial charge on any atom is 0.258 e. The summed E-state index contributed by atoms with van der Waals surface area (Å²) in [7, 11) is 0. The minimum atomic E-state index is -0.802. The first kappa shape index (κ1) is 13.3. The van der Waals surface area contributed by atoms with E-state index in [9.17, 15) is 19.1 Å².